The van der Waals surface area contributed by atoms with Crippen molar-refractivity contribution < 1.29 is 13.2 Å². The molecule has 1 fully saturated rings. The molecule has 0 radical (unpaired) electrons. The van der Waals surface area contributed by atoms with Gasteiger partial charge in [0.05, 0.1) is 28.8 Å². The highest BCUT2D eigenvalue weighted by Gasteiger charge is 2.20. The quantitative estimate of drug-likeness (QED) is 0.561. The molecular formula is C21H23N5O3S. The van der Waals surface area contributed by atoms with Crippen LogP contribution in [0.1, 0.15) is 34.5 Å². The third-order valence-electron chi connectivity index (χ3n) is 5.06. The number of carbonyl (C=O) groups excluding carboxylic acids is 1. The highest BCUT2D eigenvalue weighted by atomic mass is 32.2. The van der Waals surface area contributed by atoms with Gasteiger partial charge in [0, 0.05) is 24.0 Å². The summed E-state index contributed by atoms with van der Waals surface area (Å²) in [4.78, 5) is 13.6. The van der Waals surface area contributed by atoms with Crippen molar-refractivity contribution in [2.75, 3.05) is 29.0 Å². The van der Waals surface area contributed by atoms with Gasteiger partial charge in [-0.15, -0.1) is 0 Å². The highest BCUT2D eigenvalue weighted by Crippen LogP contribution is 2.34. The Balaban J connectivity index is 1.74. The zero-order valence-electron chi connectivity index (χ0n) is 16.6. The van der Waals surface area contributed by atoms with E-state index in [1.54, 1.807) is 18.2 Å². The van der Waals surface area contributed by atoms with Gasteiger partial charge in [-0.05, 0) is 48.7 Å². The van der Waals surface area contributed by atoms with Gasteiger partial charge in [-0.2, -0.15) is 5.10 Å². The molecule has 156 valence electrons. The summed E-state index contributed by atoms with van der Waals surface area (Å²) >= 11 is 0. The van der Waals surface area contributed by atoms with Crippen molar-refractivity contribution in [2.24, 2.45) is 5.73 Å². The smallest absolute Gasteiger partial charge is 0.248 e. The third-order valence-corrected chi connectivity index (χ3v) is 5.65. The van der Waals surface area contributed by atoms with Gasteiger partial charge in [0.2, 0.25) is 15.9 Å². The van der Waals surface area contributed by atoms with E-state index in [0.717, 1.165) is 54.3 Å². The summed E-state index contributed by atoms with van der Waals surface area (Å²) in [6, 6.07) is 10.7. The minimum absolute atomic E-state index is 0.430. The van der Waals surface area contributed by atoms with Crippen molar-refractivity contribution in [3.05, 3.63) is 53.2 Å². The Labute approximate surface area is 174 Å². The number of rotatable bonds is 6. The van der Waals surface area contributed by atoms with Crippen molar-refractivity contribution >= 4 is 50.4 Å². The molecule has 2 heterocycles. The van der Waals surface area contributed by atoms with Crippen LogP contribution in [-0.2, 0) is 10.0 Å². The maximum Gasteiger partial charge on any atom is 0.248 e. The zero-order chi connectivity index (χ0) is 21.3. The van der Waals surface area contributed by atoms with E-state index in [2.05, 4.69) is 19.8 Å². The number of H-pyrrole nitrogens is 1. The average Bonchev–Trinajstić information content (AvgIpc) is 3.34. The molecule has 1 amide bonds. The number of anilines is 2. The van der Waals surface area contributed by atoms with Gasteiger partial charge < -0.3 is 10.6 Å². The Kier molecular flexibility index (Phi) is 5.21. The Morgan fingerprint density at radius 3 is 2.67 bits per heavy atom. The number of hydrogen-bond acceptors (Lipinski definition) is 5. The van der Waals surface area contributed by atoms with E-state index in [1.807, 2.05) is 30.4 Å². The van der Waals surface area contributed by atoms with Gasteiger partial charge in [-0.25, -0.2) is 8.42 Å². The molecule has 2 aromatic carbocycles. The largest absolute Gasteiger partial charge is 0.370 e. The lowest BCUT2D eigenvalue weighted by Crippen LogP contribution is -2.20. The first-order valence-corrected chi connectivity index (χ1v) is 11.5. The summed E-state index contributed by atoms with van der Waals surface area (Å²) in [6.07, 6.45) is 6.96. The fourth-order valence-corrected chi connectivity index (χ4v) is 4.24. The molecular weight excluding hydrogens is 402 g/mol. The minimum Gasteiger partial charge on any atom is -0.370 e. The van der Waals surface area contributed by atoms with E-state index in [9.17, 15) is 13.2 Å². The predicted octanol–water partition coefficient (Wildman–Crippen LogP) is 2.80. The second kappa shape index (κ2) is 7.83. The Morgan fingerprint density at radius 2 is 1.97 bits per heavy atom. The molecule has 30 heavy (non-hydrogen) atoms. The van der Waals surface area contributed by atoms with Crippen LogP contribution in [0, 0.1) is 0 Å². The van der Waals surface area contributed by atoms with Gasteiger partial charge >= 0.3 is 0 Å². The van der Waals surface area contributed by atoms with Gasteiger partial charge in [0.25, 0.3) is 0 Å². The lowest BCUT2D eigenvalue weighted by Gasteiger charge is -2.21. The van der Waals surface area contributed by atoms with E-state index < -0.39 is 15.9 Å². The average molecular weight is 426 g/mol. The second-order valence-electron chi connectivity index (χ2n) is 7.42. The molecule has 0 saturated carbocycles. The molecule has 0 unspecified atom stereocenters. The topological polar surface area (TPSA) is 121 Å². The number of aromatic nitrogens is 2. The Bertz CT molecular complexity index is 1240. The number of aromatic amines is 1. The number of fused-ring (bicyclic) bond motifs is 1. The molecule has 3 aromatic rings. The van der Waals surface area contributed by atoms with Crippen LogP contribution in [0.4, 0.5) is 11.4 Å². The lowest BCUT2D eigenvalue weighted by atomic mass is 10.1. The monoisotopic (exact) mass is 425 g/mol. The summed E-state index contributed by atoms with van der Waals surface area (Å²) in [7, 11) is -3.43. The van der Waals surface area contributed by atoms with Gasteiger partial charge in [-0.3, -0.25) is 14.6 Å². The molecule has 0 aliphatic carbocycles. The van der Waals surface area contributed by atoms with E-state index in [4.69, 9.17) is 5.73 Å². The number of sulfonamides is 1. The van der Waals surface area contributed by atoms with E-state index in [1.165, 1.54) is 0 Å². The first-order valence-electron chi connectivity index (χ1n) is 9.63. The highest BCUT2D eigenvalue weighted by molar-refractivity contribution is 7.92. The second-order valence-corrected chi connectivity index (χ2v) is 9.16. The van der Waals surface area contributed by atoms with E-state index in [-0.39, 0.29) is 0 Å². The molecule has 9 heteroatoms. The van der Waals surface area contributed by atoms with E-state index >= 15 is 0 Å². The van der Waals surface area contributed by atoms with Crippen LogP contribution in [0.5, 0.6) is 0 Å². The summed E-state index contributed by atoms with van der Waals surface area (Å²) in [6.45, 7) is 1.78. The van der Waals surface area contributed by atoms with Crippen molar-refractivity contribution in [2.45, 2.75) is 12.8 Å². The number of hydrogen-bond donors (Lipinski definition) is 3. The summed E-state index contributed by atoms with van der Waals surface area (Å²) in [5.41, 5.74) is 9.45. The van der Waals surface area contributed by atoms with Crippen molar-refractivity contribution in [1.29, 1.82) is 0 Å². The molecule has 0 atom stereocenters. The van der Waals surface area contributed by atoms with Crippen LogP contribution >= 0.6 is 0 Å². The first-order chi connectivity index (χ1) is 14.3. The van der Waals surface area contributed by atoms with Crippen LogP contribution in [0.15, 0.2) is 36.4 Å². The molecule has 4 rings (SSSR count). The number of benzene rings is 2. The maximum atomic E-state index is 11.9. The standard InChI is InChI=1S/C21H23N5O3S/c1-30(28,29)25-19-12-16-17(8-7-14-5-4-6-15(11-14)21(22)27)23-24-18(16)13-20(19)26-9-2-3-10-26/h4-8,11-13,25H,2-3,9-10H2,1H3,(H2,22,27)(H,23,24). The van der Waals surface area contributed by atoms with Crippen LogP contribution < -0.4 is 15.4 Å². The number of nitrogens with one attached hydrogen (secondary N) is 2. The number of nitrogens with two attached hydrogens (primary N) is 1. The number of nitrogens with zero attached hydrogens (tertiary/aromatic N) is 2. The minimum atomic E-state index is -3.43. The molecule has 0 spiro atoms. The van der Waals surface area contributed by atoms with Crippen molar-refractivity contribution in [3.63, 3.8) is 0 Å². The Morgan fingerprint density at radius 1 is 1.20 bits per heavy atom. The summed E-state index contributed by atoms with van der Waals surface area (Å²) in [5.74, 6) is -0.485. The predicted molar refractivity (Wildman–Crippen MR) is 120 cm³/mol. The molecule has 1 aliphatic rings. The zero-order valence-corrected chi connectivity index (χ0v) is 17.4. The summed E-state index contributed by atoms with van der Waals surface area (Å²) < 4.78 is 26.5. The number of carbonyl (C=O) groups is 1. The molecule has 1 aliphatic heterocycles. The Hall–Kier alpha value is -3.33. The van der Waals surface area contributed by atoms with Crippen LogP contribution in [0.25, 0.3) is 23.1 Å². The lowest BCUT2D eigenvalue weighted by molar-refractivity contribution is 0.1000. The van der Waals surface area contributed by atoms with Gasteiger partial charge in [-0.1, -0.05) is 18.2 Å². The molecule has 1 saturated heterocycles. The number of amides is 1. The SMILES string of the molecule is CS(=O)(=O)Nc1cc2c(C=Cc3cccc(C(N)=O)c3)n[nH]c2cc1N1CCCC1. The molecule has 0 bridgehead atoms. The summed E-state index contributed by atoms with van der Waals surface area (Å²) in [5, 5.41) is 8.20. The first kappa shape index (κ1) is 20.0. The molecule has 4 N–H and O–H groups in total. The number of primary amides is 1. The van der Waals surface area contributed by atoms with Gasteiger partial charge in [0.15, 0.2) is 0 Å². The molecule has 8 nitrogen and oxygen atoms in total. The van der Waals surface area contributed by atoms with Gasteiger partial charge in [0.1, 0.15) is 0 Å². The van der Waals surface area contributed by atoms with Crippen LogP contribution in [0.2, 0.25) is 0 Å². The fraction of sp³-hybridized carbons (Fsp3) is 0.238. The van der Waals surface area contributed by atoms with Crippen LogP contribution in [-0.4, -0.2) is 43.9 Å². The van der Waals surface area contributed by atoms with Crippen molar-refractivity contribution in [3.8, 4) is 0 Å². The normalized spacial score (nSPS) is 14.6. The maximum absolute atomic E-state index is 11.9. The third kappa shape index (κ3) is 4.30. The van der Waals surface area contributed by atoms with Crippen molar-refractivity contribution in [1.82, 2.24) is 10.2 Å². The molecule has 1 aromatic heterocycles. The fourth-order valence-electron chi connectivity index (χ4n) is 3.67. The van der Waals surface area contributed by atoms with Crippen LogP contribution in [0.3, 0.4) is 0 Å². The van der Waals surface area contributed by atoms with E-state index in [0.29, 0.717) is 16.9 Å².